The summed E-state index contributed by atoms with van der Waals surface area (Å²) in [4.78, 5) is 13.8. The first-order chi connectivity index (χ1) is 13.0. The van der Waals surface area contributed by atoms with E-state index in [0.717, 1.165) is 36.8 Å². The Bertz CT molecular complexity index is 969. The van der Waals surface area contributed by atoms with Gasteiger partial charge >= 0.3 is 0 Å². The number of anilines is 1. The van der Waals surface area contributed by atoms with Crippen LogP contribution in [-0.2, 0) is 17.6 Å². The third-order valence-electron chi connectivity index (χ3n) is 4.79. The molecule has 0 atom stereocenters. The Morgan fingerprint density at radius 2 is 1.89 bits per heavy atom. The van der Waals surface area contributed by atoms with Gasteiger partial charge in [-0.2, -0.15) is 10.5 Å². The molecule has 1 aromatic heterocycles. The molecule has 136 valence electrons. The Hall–Kier alpha value is -2.89. The summed E-state index contributed by atoms with van der Waals surface area (Å²) < 4.78 is 0. The van der Waals surface area contributed by atoms with Gasteiger partial charge in [0.05, 0.1) is 5.56 Å². The number of carbonyl (C=O) groups is 1. The molecule has 2 aromatic rings. The van der Waals surface area contributed by atoms with Crippen LogP contribution in [0.2, 0.25) is 0 Å². The maximum atomic E-state index is 12.6. The lowest BCUT2D eigenvalue weighted by atomic mass is 9.96. The van der Waals surface area contributed by atoms with Gasteiger partial charge in [-0.15, -0.1) is 11.3 Å². The highest BCUT2D eigenvalue weighted by atomic mass is 32.1. The van der Waals surface area contributed by atoms with Crippen LogP contribution >= 0.6 is 11.3 Å². The van der Waals surface area contributed by atoms with Crippen LogP contribution in [0.3, 0.4) is 0 Å². The molecule has 1 heterocycles. The molecule has 0 spiro atoms. The molecule has 1 N–H and O–H groups in total. The number of nitriles is 2. The zero-order valence-corrected chi connectivity index (χ0v) is 16.3. The van der Waals surface area contributed by atoms with Crippen LogP contribution < -0.4 is 5.32 Å². The fourth-order valence-electron chi connectivity index (χ4n) is 3.24. The van der Waals surface area contributed by atoms with Crippen molar-refractivity contribution in [2.45, 2.75) is 45.4 Å². The smallest absolute Gasteiger partial charge is 0.266 e. The van der Waals surface area contributed by atoms with E-state index in [1.165, 1.54) is 21.8 Å². The van der Waals surface area contributed by atoms with Crippen LogP contribution in [0, 0.1) is 22.7 Å². The van der Waals surface area contributed by atoms with E-state index in [2.05, 4.69) is 25.2 Å². The molecule has 0 unspecified atom stereocenters. The maximum absolute atomic E-state index is 12.6. The highest BCUT2D eigenvalue weighted by molar-refractivity contribution is 7.16. The minimum absolute atomic E-state index is 0.0301. The molecule has 1 amide bonds. The second-order valence-electron chi connectivity index (χ2n) is 6.97. The Morgan fingerprint density at radius 1 is 1.19 bits per heavy atom. The quantitative estimate of drug-likeness (QED) is 0.592. The summed E-state index contributed by atoms with van der Waals surface area (Å²) in [5.74, 6) is -0.0448. The number of carbonyl (C=O) groups excluding carboxylic acids is 1. The topological polar surface area (TPSA) is 76.7 Å². The number of rotatable bonds is 4. The Morgan fingerprint density at radius 3 is 2.52 bits per heavy atom. The van der Waals surface area contributed by atoms with Gasteiger partial charge in [0.1, 0.15) is 22.7 Å². The van der Waals surface area contributed by atoms with Crippen molar-refractivity contribution in [1.82, 2.24) is 0 Å². The summed E-state index contributed by atoms with van der Waals surface area (Å²) in [7, 11) is 0. The number of benzene rings is 1. The molecule has 4 nitrogen and oxygen atoms in total. The van der Waals surface area contributed by atoms with E-state index in [1.807, 2.05) is 30.3 Å². The van der Waals surface area contributed by atoms with Crippen LogP contribution in [0.5, 0.6) is 0 Å². The number of nitrogens with zero attached hydrogens (tertiary/aromatic N) is 2. The molecule has 3 rings (SSSR count). The van der Waals surface area contributed by atoms with Crippen molar-refractivity contribution in [1.29, 1.82) is 10.5 Å². The van der Waals surface area contributed by atoms with Gasteiger partial charge in [-0.05, 0) is 54.4 Å². The molecule has 27 heavy (non-hydrogen) atoms. The van der Waals surface area contributed by atoms with E-state index in [-0.39, 0.29) is 5.57 Å². The van der Waals surface area contributed by atoms with Crippen LogP contribution in [0.25, 0.3) is 6.08 Å². The van der Waals surface area contributed by atoms with Crippen molar-refractivity contribution in [3.63, 3.8) is 0 Å². The standard InChI is InChI=1S/C22H21N3OS/c1-14(2)16-9-7-15(8-10-16)11-17(12-23)21(26)25-22-19(13-24)18-5-3-4-6-20(18)27-22/h7-11,14H,3-6H2,1-2H3,(H,25,26)/b17-11-. The maximum Gasteiger partial charge on any atom is 0.266 e. The summed E-state index contributed by atoms with van der Waals surface area (Å²) in [6.45, 7) is 4.23. The minimum atomic E-state index is -0.472. The number of aryl methyl sites for hydroxylation is 1. The summed E-state index contributed by atoms with van der Waals surface area (Å²) >= 11 is 1.46. The Kier molecular flexibility index (Phi) is 5.74. The number of amides is 1. The molecule has 0 saturated heterocycles. The molecule has 1 aromatic carbocycles. The fourth-order valence-corrected chi connectivity index (χ4v) is 4.47. The molecule has 5 heteroatoms. The number of nitrogens with one attached hydrogen (secondary N) is 1. The summed E-state index contributed by atoms with van der Waals surface area (Å²) in [5, 5.41) is 22.3. The van der Waals surface area contributed by atoms with Crippen molar-refractivity contribution in [2.24, 2.45) is 0 Å². The van der Waals surface area contributed by atoms with E-state index in [0.29, 0.717) is 16.5 Å². The van der Waals surface area contributed by atoms with Gasteiger partial charge in [-0.1, -0.05) is 38.1 Å². The third kappa shape index (κ3) is 4.10. The van der Waals surface area contributed by atoms with Crippen LogP contribution in [0.1, 0.15) is 59.7 Å². The van der Waals surface area contributed by atoms with Gasteiger partial charge in [-0.25, -0.2) is 0 Å². The Balaban J connectivity index is 1.83. The van der Waals surface area contributed by atoms with Crippen molar-refractivity contribution >= 4 is 28.3 Å². The van der Waals surface area contributed by atoms with Crippen LogP contribution in [0.4, 0.5) is 5.00 Å². The second-order valence-corrected chi connectivity index (χ2v) is 8.08. The lowest BCUT2D eigenvalue weighted by molar-refractivity contribution is -0.112. The van der Waals surface area contributed by atoms with E-state index in [1.54, 1.807) is 6.08 Å². The average Bonchev–Trinajstić information content (AvgIpc) is 3.03. The van der Waals surface area contributed by atoms with Crippen LogP contribution in [0.15, 0.2) is 29.8 Å². The van der Waals surface area contributed by atoms with Gasteiger partial charge in [0.25, 0.3) is 5.91 Å². The first-order valence-corrected chi connectivity index (χ1v) is 9.93. The van der Waals surface area contributed by atoms with E-state index < -0.39 is 5.91 Å². The van der Waals surface area contributed by atoms with Crippen LogP contribution in [-0.4, -0.2) is 5.91 Å². The van der Waals surface area contributed by atoms with Gasteiger partial charge in [0, 0.05) is 4.88 Å². The minimum Gasteiger partial charge on any atom is -0.312 e. The normalized spacial score (nSPS) is 13.6. The molecular formula is C22H21N3OS. The molecule has 1 aliphatic rings. The number of fused-ring (bicyclic) bond motifs is 1. The van der Waals surface area contributed by atoms with Gasteiger partial charge < -0.3 is 5.32 Å². The monoisotopic (exact) mass is 375 g/mol. The largest absolute Gasteiger partial charge is 0.312 e. The Labute approximate surface area is 163 Å². The number of hydrogen-bond acceptors (Lipinski definition) is 4. The summed E-state index contributed by atoms with van der Waals surface area (Å²) in [5.41, 5.74) is 3.66. The van der Waals surface area contributed by atoms with Gasteiger partial charge in [-0.3, -0.25) is 4.79 Å². The molecule has 0 aliphatic heterocycles. The first kappa shape index (κ1) is 18.9. The van der Waals surface area contributed by atoms with E-state index in [9.17, 15) is 15.3 Å². The molecule has 0 radical (unpaired) electrons. The molecule has 1 aliphatic carbocycles. The predicted octanol–water partition coefficient (Wildman–Crippen LogP) is 5.17. The lowest BCUT2D eigenvalue weighted by Gasteiger charge is -2.09. The van der Waals surface area contributed by atoms with Crippen molar-refractivity contribution in [3.05, 3.63) is 57.0 Å². The predicted molar refractivity (Wildman–Crippen MR) is 108 cm³/mol. The number of thiophene rings is 1. The zero-order valence-electron chi connectivity index (χ0n) is 15.5. The second kappa shape index (κ2) is 8.20. The van der Waals surface area contributed by atoms with Crippen molar-refractivity contribution in [3.8, 4) is 12.1 Å². The number of hydrogen-bond donors (Lipinski definition) is 1. The first-order valence-electron chi connectivity index (χ1n) is 9.11. The molecule has 0 bridgehead atoms. The average molecular weight is 375 g/mol. The highest BCUT2D eigenvalue weighted by Crippen LogP contribution is 2.37. The fraction of sp³-hybridized carbons (Fsp3) is 0.318. The zero-order chi connectivity index (χ0) is 19.4. The lowest BCUT2D eigenvalue weighted by Crippen LogP contribution is -2.13. The van der Waals surface area contributed by atoms with Crippen molar-refractivity contribution in [2.75, 3.05) is 5.32 Å². The highest BCUT2D eigenvalue weighted by Gasteiger charge is 2.22. The van der Waals surface area contributed by atoms with Gasteiger partial charge in [0.2, 0.25) is 0 Å². The SMILES string of the molecule is CC(C)c1ccc(/C=C(/C#N)C(=O)Nc2sc3c(c2C#N)CCCC3)cc1. The van der Waals surface area contributed by atoms with Gasteiger partial charge in [0.15, 0.2) is 0 Å². The molecular weight excluding hydrogens is 354 g/mol. The molecule has 0 fully saturated rings. The summed E-state index contributed by atoms with van der Waals surface area (Å²) in [6.07, 6.45) is 5.60. The van der Waals surface area contributed by atoms with Crippen molar-refractivity contribution < 1.29 is 4.79 Å². The van der Waals surface area contributed by atoms with E-state index >= 15 is 0 Å². The van der Waals surface area contributed by atoms with E-state index in [4.69, 9.17) is 0 Å². The summed E-state index contributed by atoms with van der Waals surface area (Å²) in [6, 6.07) is 12.0. The third-order valence-corrected chi connectivity index (χ3v) is 6.00. The molecule has 0 saturated carbocycles.